The molecule has 0 fully saturated rings. The number of rotatable bonds is 8. The van der Waals surface area contributed by atoms with Crippen LogP contribution in [0.25, 0.3) is 0 Å². The number of aliphatic hydroxyl groups is 1. The molecule has 27 heavy (non-hydrogen) atoms. The summed E-state index contributed by atoms with van der Waals surface area (Å²) in [6.07, 6.45) is -0.491. The number of amides is 2. The van der Waals surface area contributed by atoms with Crippen molar-refractivity contribution in [2.45, 2.75) is 32.4 Å². The number of aliphatic hydroxyl groups excluding tert-OH is 1. The van der Waals surface area contributed by atoms with Crippen LogP contribution in [-0.4, -0.2) is 35.7 Å². The molecule has 0 saturated carbocycles. The van der Waals surface area contributed by atoms with Gasteiger partial charge in [-0.1, -0.05) is 19.1 Å². The molecule has 0 aromatic heterocycles. The normalized spacial score (nSPS) is 12.7. The lowest BCUT2D eigenvalue weighted by molar-refractivity contribution is -0.122. The molecule has 7 heteroatoms. The van der Waals surface area contributed by atoms with E-state index in [9.17, 15) is 14.0 Å². The lowest BCUT2D eigenvalue weighted by Crippen LogP contribution is -2.35. The van der Waals surface area contributed by atoms with Crippen LogP contribution in [0, 0.1) is 5.82 Å². The molecule has 2 aromatic rings. The summed E-state index contributed by atoms with van der Waals surface area (Å²) in [4.78, 5) is 24.4. The van der Waals surface area contributed by atoms with Crippen LogP contribution in [-0.2, 0) is 4.79 Å². The van der Waals surface area contributed by atoms with E-state index in [4.69, 9.17) is 9.84 Å². The summed E-state index contributed by atoms with van der Waals surface area (Å²) in [5.41, 5.74) is 0.894. The summed E-state index contributed by atoms with van der Waals surface area (Å²) in [7, 11) is 0. The maximum Gasteiger partial charge on any atom is 0.265 e. The molecule has 0 radical (unpaired) electrons. The molecule has 3 N–H and O–H groups in total. The highest BCUT2D eigenvalue weighted by Crippen LogP contribution is 2.19. The number of halogens is 1. The van der Waals surface area contributed by atoms with Gasteiger partial charge in [0.1, 0.15) is 0 Å². The Morgan fingerprint density at radius 3 is 2.41 bits per heavy atom. The molecule has 2 atom stereocenters. The number of hydrogen-bond acceptors (Lipinski definition) is 4. The summed E-state index contributed by atoms with van der Waals surface area (Å²) < 4.78 is 19.2. The number of carbonyl (C=O) groups excluding carboxylic acids is 2. The third-order valence-corrected chi connectivity index (χ3v) is 3.84. The van der Waals surface area contributed by atoms with Crippen molar-refractivity contribution in [3.63, 3.8) is 0 Å². The average molecular weight is 374 g/mol. The molecule has 0 bridgehead atoms. The maximum atomic E-state index is 13.7. The Hall–Kier alpha value is -2.93. The van der Waals surface area contributed by atoms with Gasteiger partial charge in [-0.05, 0) is 49.7 Å². The van der Waals surface area contributed by atoms with E-state index in [1.165, 1.54) is 12.1 Å². The Bertz CT molecular complexity index is 780. The fourth-order valence-corrected chi connectivity index (χ4v) is 2.30. The van der Waals surface area contributed by atoms with E-state index in [-0.39, 0.29) is 24.3 Å². The van der Waals surface area contributed by atoms with Crippen LogP contribution in [0.2, 0.25) is 0 Å². The van der Waals surface area contributed by atoms with Crippen molar-refractivity contribution >= 4 is 17.5 Å². The molecule has 144 valence electrons. The average Bonchev–Trinajstić information content (AvgIpc) is 2.67. The Balaban J connectivity index is 1.99. The third-order valence-electron chi connectivity index (χ3n) is 3.84. The predicted octanol–water partition coefficient (Wildman–Crippen LogP) is 2.73. The number of benzene rings is 2. The lowest BCUT2D eigenvalue weighted by Gasteiger charge is -2.18. The summed E-state index contributed by atoms with van der Waals surface area (Å²) in [5.74, 6) is -1.24. The fourth-order valence-electron chi connectivity index (χ4n) is 2.30. The van der Waals surface area contributed by atoms with Crippen molar-refractivity contribution < 1.29 is 23.8 Å². The van der Waals surface area contributed by atoms with E-state index in [1.54, 1.807) is 50.2 Å². The van der Waals surface area contributed by atoms with Gasteiger partial charge >= 0.3 is 0 Å². The van der Waals surface area contributed by atoms with E-state index >= 15 is 0 Å². The highest BCUT2D eigenvalue weighted by molar-refractivity contribution is 5.97. The van der Waals surface area contributed by atoms with Gasteiger partial charge < -0.3 is 20.5 Å². The van der Waals surface area contributed by atoms with Crippen LogP contribution in [0.4, 0.5) is 10.1 Å². The fraction of sp³-hybridized carbons (Fsp3) is 0.300. The molecular formula is C20H23FN2O4. The zero-order chi connectivity index (χ0) is 19.8. The number of hydrogen-bond donors (Lipinski definition) is 3. The molecule has 0 heterocycles. The first-order chi connectivity index (χ1) is 12.9. The Morgan fingerprint density at radius 1 is 1.15 bits per heavy atom. The standard InChI is InChI=1S/C20H23FN2O4/c1-3-17(27-18-7-5-4-6-16(18)21)20(26)23-15-10-8-14(9-11-15)19(25)22-13(2)12-24/h4-11,13,17,24H,3,12H2,1-2H3,(H,22,25)(H,23,26). The second-order valence-electron chi connectivity index (χ2n) is 6.07. The zero-order valence-corrected chi connectivity index (χ0v) is 15.2. The summed E-state index contributed by atoms with van der Waals surface area (Å²) in [6, 6.07) is 11.9. The number of nitrogens with one attached hydrogen (secondary N) is 2. The summed E-state index contributed by atoms with van der Waals surface area (Å²) >= 11 is 0. The Kier molecular flexibility index (Phi) is 7.31. The van der Waals surface area contributed by atoms with Crippen LogP contribution in [0.15, 0.2) is 48.5 Å². The van der Waals surface area contributed by atoms with Crippen molar-refractivity contribution in [1.82, 2.24) is 5.32 Å². The van der Waals surface area contributed by atoms with Gasteiger partial charge in [-0.15, -0.1) is 0 Å². The highest BCUT2D eigenvalue weighted by Gasteiger charge is 2.20. The molecule has 0 saturated heterocycles. The van der Waals surface area contributed by atoms with E-state index in [2.05, 4.69) is 10.6 Å². The minimum atomic E-state index is -0.852. The predicted molar refractivity (Wildman–Crippen MR) is 100 cm³/mol. The SMILES string of the molecule is CCC(Oc1ccccc1F)C(=O)Nc1ccc(C(=O)NC(C)CO)cc1. The molecule has 0 aliphatic carbocycles. The molecular weight excluding hydrogens is 351 g/mol. The van der Waals surface area contributed by atoms with Crippen LogP contribution < -0.4 is 15.4 Å². The molecule has 2 amide bonds. The first-order valence-electron chi connectivity index (χ1n) is 8.68. The molecule has 2 rings (SSSR count). The highest BCUT2D eigenvalue weighted by atomic mass is 19.1. The maximum absolute atomic E-state index is 13.7. The second kappa shape index (κ2) is 9.68. The molecule has 6 nitrogen and oxygen atoms in total. The minimum Gasteiger partial charge on any atom is -0.478 e. The molecule has 2 unspecified atom stereocenters. The van der Waals surface area contributed by atoms with E-state index in [0.717, 1.165) is 0 Å². The largest absolute Gasteiger partial charge is 0.478 e. The first-order valence-corrected chi connectivity index (χ1v) is 8.68. The van der Waals surface area contributed by atoms with Crippen molar-refractivity contribution in [2.75, 3.05) is 11.9 Å². The number of para-hydroxylation sites is 1. The number of ether oxygens (including phenoxy) is 1. The zero-order valence-electron chi connectivity index (χ0n) is 15.2. The topological polar surface area (TPSA) is 87.7 Å². The van der Waals surface area contributed by atoms with E-state index in [0.29, 0.717) is 17.7 Å². The third kappa shape index (κ3) is 5.79. The Labute approximate surface area is 157 Å². The Morgan fingerprint density at radius 2 is 1.81 bits per heavy atom. The van der Waals surface area contributed by atoms with Gasteiger partial charge in [0.15, 0.2) is 17.7 Å². The molecule has 0 aliphatic rings. The van der Waals surface area contributed by atoms with Gasteiger partial charge in [0.2, 0.25) is 0 Å². The minimum absolute atomic E-state index is 0.0181. The van der Waals surface area contributed by atoms with Crippen molar-refractivity contribution in [1.29, 1.82) is 0 Å². The van der Waals surface area contributed by atoms with Gasteiger partial charge in [-0.25, -0.2) is 4.39 Å². The van der Waals surface area contributed by atoms with Gasteiger partial charge in [0.05, 0.1) is 6.61 Å². The van der Waals surface area contributed by atoms with Crippen LogP contribution >= 0.6 is 0 Å². The van der Waals surface area contributed by atoms with Gasteiger partial charge in [-0.3, -0.25) is 9.59 Å². The van der Waals surface area contributed by atoms with Gasteiger partial charge in [0.25, 0.3) is 11.8 Å². The van der Waals surface area contributed by atoms with Gasteiger partial charge in [0, 0.05) is 17.3 Å². The van der Waals surface area contributed by atoms with Crippen LogP contribution in [0.3, 0.4) is 0 Å². The first kappa shape index (κ1) is 20.4. The van der Waals surface area contributed by atoms with Crippen LogP contribution in [0.5, 0.6) is 5.75 Å². The molecule has 0 spiro atoms. The van der Waals surface area contributed by atoms with Crippen molar-refractivity contribution in [2.24, 2.45) is 0 Å². The monoisotopic (exact) mass is 374 g/mol. The smallest absolute Gasteiger partial charge is 0.265 e. The summed E-state index contributed by atoms with van der Waals surface area (Å²) in [6.45, 7) is 3.30. The van der Waals surface area contributed by atoms with Crippen LogP contribution in [0.1, 0.15) is 30.6 Å². The molecule has 2 aromatic carbocycles. The lowest BCUT2D eigenvalue weighted by atomic mass is 10.1. The van der Waals surface area contributed by atoms with Crippen molar-refractivity contribution in [3.05, 3.63) is 59.9 Å². The van der Waals surface area contributed by atoms with E-state index in [1.807, 2.05) is 0 Å². The van der Waals surface area contributed by atoms with Crippen molar-refractivity contribution in [3.8, 4) is 5.75 Å². The quantitative estimate of drug-likeness (QED) is 0.663. The van der Waals surface area contributed by atoms with Gasteiger partial charge in [-0.2, -0.15) is 0 Å². The second-order valence-corrected chi connectivity index (χ2v) is 6.07. The molecule has 0 aliphatic heterocycles. The number of carbonyl (C=O) groups is 2. The van der Waals surface area contributed by atoms with E-state index < -0.39 is 17.8 Å². The summed E-state index contributed by atoms with van der Waals surface area (Å²) in [5, 5.41) is 14.3. The number of anilines is 1.